The van der Waals surface area contributed by atoms with Crippen LogP contribution in [0, 0.1) is 20.8 Å². The fraction of sp³-hybridized carbons (Fsp3) is 0.174. The van der Waals surface area contributed by atoms with E-state index in [1.165, 1.54) is 11.8 Å². The number of anilines is 2. The molecule has 0 bridgehead atoms. The third kappa shape index (κ3) is 5.84. The molecule has 0 aliphatic rings. The molecule has 2 amide bonds. The molecule has 1 heterocycles. The van der Waals surface area contributed by atoms with Crippen LogP contribution in [0.5, 0.6) is 0 Å². The van der Waals surface area contributed by atoms with Gasteiger partial charge in [-0.25, -0.2) is 4.98 Å². The van der Waals surface area contributed by atoms with E-state index in [9.17, 15) is 9.59 Å². The Balaban J connectivity index is 1.75. The second-order valence-electron chi connectivity index (χ2n) is 6.93. The third-order valence-electron chi connectivity index (χ3n) is 4.26. The molecule has 0 aliphatic carbocycles. The van der Waals surface area contributed by atoms with Gasteiger partial charge in [0.05, 0.1) is 11.3 Å². The SMILES string of the molecule is Cc1cccc(NC(=O)c2c(C)cc(C)nc2SCC(=O)Nc2cccc(Cl)c2)c1. The zero-order valence-corrected chi connectivity index (χ0v) is 18.5. The van der Waals surface area contributed by atoms with E-state index in [0.29, 0.717) is 21.3 Å². The predicted octanol–water partition coefficient (Wildman–Crippen LogP) is 5.64. The Labute approximate surface area is 185 Å². The van der Waals surface area contributed by atoms with Crippen LogP contribution < -0.4 is 10.6 Å². The fourth-order valence-electron chi connectivity index (χ4n) is 3.00. The zero-order chi connectivity index (χ0) is 21.7. The van der Waals surface area contributed by atoms with Gasteiger partial charge in [0, 0.05) is 22.1 Å². The van der Waals surface area contributed by atoms with Gasteiger partial charge in [-0.1, -0.05) is 41.6 Å². The van der Waals surface area contributed by atoms with E-state index < -0.39 is 0 Å². The van der Waals surface area contributed by atoms with Gasteiger partial charge in [0.15, 0.2) is 0 Å². The second-order valence-corrected chi connectivity index (χ2v) is 8.33. The van der Waals surface area contributed by atoms with Crippen LogP contribution in [0.2, 0.25) is 5.02 Å². The monoisotopic (exact) mass is 439 g/mol. The number of amides is 2. The first-order valence-electron chi connectivity index (χ1n) is 9.36. The summed E-state index contributed by atoms with van der Waals surface area (Å²) >= 11 is 7.19. The Morgan fingerprint density at radius 3 is 2.37 bits per heavy atom. The molecular formula is C23H22ClN3O2S. The van der Waals surface area contributed by atoms with E-state index in [0.717, 1.165) is 22.5 Å². The Kier molecular flexibility index (Phi) is 7.13. The van der Waals surface area contributed by atoms with Crippen molar-refractivity contribution in [3.63, 3.8) is 0 Å². The normalized spacial score (nSPS) is 10.5. The highest BCUT2D eigenvalue weighted by Crippen LogP contribution is 2.26. The molecule has 0 fully saturated rings. The minimum Gasteiger partial charge on any atom is -0.325 e. The lowest BCUT2D eigenvalue weighted by Gasteiger charge is -2.13. The van der Waals surface area contributed by atoms with Gasteiger partial charge in [-0.15, -0.1) is 0 Å². The number of nitrogens with zero attached hydrogens (tertiary/aromatic N) is 1. The van der Waals surface area contributed by atoms with Crippen molar-refractivity contribution < 1.29 is 9.59 Å². The van der Waals surface area contributed by atoms with E-state index in [1.807, 2.05) is 51.1 Å². The molecule has 154 valence electrons. The Hall–Kier alpha value is -2.83. The number of rotatable bonds is 6. The van der Waals surface area contributed by atoms with Gasteiger partial charge in [0.1, 0.15) is 5.03 Å². The molecule has 0 aliphatic heterocycles. The van der Waals surface area contributed by atoms with Gasteiger partial charge in [0.2, 0.25) is 5.91 Å². The van der Waals surface area contributed by atoms with Crippen LogP contribution >= 0.6 is 23.4 Å². The summed E-state index contributed by atoms with van der Waals surface area (Å²) in [6, 6.07) is 16.4. The van der Waals surface area contributed by atoms with Crippen LogP contribution in [0.4, 0.5) is 11.4 Å². The molecule has 2 N–H and O–H groups in total. The van der Waals surface area contributed by atoms with E-state index in [2.05, 4.69) is 15.6 Å². The van der Waals surface area contributed by atoms with Crippen molar-refractivity contribution >= 4 is 46.6 Å². The lowest BCUT2D eigenvalue weighted by molar-refractivity contribution is -0.113. The lowest BCUT2D eigenvalue weighted by atomic mass is 10.1. The smallest absolute Gasteiger partial charge is 0.258 e. The average molecular weight is 440 g/mol. The molecule has 2 aromatic carbocycles. The van der Waals surface area contributed by atoms with E-state index in [-0.39, 0.29) is 17.6 Å². The molecule has 0 spiro atoms. The average Bonchev–Trinajstić information content (AvgIpc) is 2.65. The standard InChI is InChI=1S/C23H22ClN3O2S/c1-14-6-4-8-18(10-14)27-22(29)21-15(2)11-16(3)25-23(21)30-13-20(28)26-19-9-5-7-17(24)12-19/h4-12H,13H2,1-3H3,(H,26,28)(H,27,29). The van der Waals surface area contributed by atoms with Gasteiger partial charge in [-0.3, -0.25) is 9.59 Å². The molecule has 5 nitrogen and oxygen atoms in total. The number of aryl methyl sites for hydroxylation is 3. The van der Waals surface area contributed by atoms with Gasteiger partial charge in [-0.05, 0) is 68.3 Å². The molecule has 3 aromatic rings. The van der Waals surface area contributed by atoms with Gasteiger partial charge in [-0.2, -0.15) is 0 Å². The molecule has 0 radical (unpaired) electrons. The number of nitrogens with one attached hydrogen (secondary N) is 2. The van der Waals surface area contributed by atoms with Crippen molar-refractivity contribution in [1.82, 2.24) is 4.98 Å². The van der Waals surface area contributed by atoms with E-state index in [4.69, 9.17) is 11.6 Å². The number of pyridine rings is 1. The molecule has 0 unspecified atom stereocenters. The van der Waals surface area contributed by atoms with Crippen molar-refractivity contribution in [1.29, 1.82) is 0 Å². The quantitative estimate of drug-likeness (QED) is 0.487. The van der Waals surface area contributed by atoms with Crippen LogP contribution in [0.15, 0.2) is 59.6 Å². The summed E-state index contributed by atoms with van der Waals surface area (Å²) in [6.45, 7) is 5.70. The number of aromatic nitrogens is 1. The number of hydrogen-bond donors (Lipinski definition) is 2. The van der Waals surface area contributed by atoms with E-state index >= 15 is 0 Å². The Morgan fingerprint density at radius 1 is 0.967 bits per heavy atom. The number of halogens is 1. The maximum Gasteiger partial charge on any atom is 0.258 e. The number of thioether (sulfide) groups is 1. The topological polar surface area (TPSA) is 71.1 Å². The zero-order valence-electron chi connectivity index (χ0n) is 17.0. The van der Waals surface area contributed by atoms with E-state index in [1.54, 1.807) is 24.3 Å². The molecule has 0 saturated heterocycles. The maximum atomic E-state index is 13.0. The predicted molar refractivity (Wildman–Crippen MR) is 124 cm³/mol. The first-order chi connectivity index (χ1) is 14.3. The maximum absolute atomic E-state index is 13.0. The Bertz CT molecular complexity index is 1100. The molecular weight excluding hydrogens is 418 g/mol. The van der Waals surface area contributed by atoms with Crippen LogP contribution in [0.1, 0.15) is 27.2 Å². The van der Waals surface area contributed by atoms with Gasteiger partial charge >= 0.3 is 0 Å². The fourth-order valence-corrected chi connectivity index (χ4v) is 4.13. The van der Waals surface area contributed by atoms with Crippen molar-refractivity contribution in [2.75, 3.05) is 16.4 Å². The summed E-state index contributed by atoms with van der Waals surface area (Å²) in [4.78, 5) is 29.9. The minimum atomic E-state index is -0.247. The van der Waals surface area contributed by atoms with Gasteiger partial charge < -0.3 is 10.6 Å². The molecule has 7 heteroatoms. The molecule has 3 rings (SSSR count). The van der Waals surface area contributed by atoms with Crippen molar-refractivity contribution in [3.05, 3.63) is 82.0 Å². The van der Waals surface area contributed by atoms with Crippen molar-refractivity contribution in [3.8, 4) is 0 Å². The largest absolute Gasteiger partial charge is 0.325 e. The summed E-state index contributed by atoms with van der Waals surface area (Å²) in [5, 5.41) is 6.80. The summed E-state index contributed by atoms with van der Waals surface area (Å²) in [5.74, 6) is -0.329. The first-order valence-corrected chi connectivity index (χ1v) is 10.7. The van der Waals surface area contributed by atoms with Crippen LogP contribution in [0.3, 0.4) is 0 Å². The molecule has 0 saturated carbocycles. The minimum absolute atomic E-state index is 0.118. The summed E-state index contributed by atoms with van der Waals surface area (Å²) < 4.78 is 0. The van der Waals surface area contributed by atoms with Crippen molar-refractivity contribution in [2.24, 2.45) is 0 Å². The second kappa shape index (κ2) is 9.78. The Morgan fingerprint density at radius 2 is 1.67 bits per heavy atom. The summed E-state index contributed by atoms with van der Waals surface area (Å²) in [6.07, 6.45) is 0. The highest BCUT2D eigenvalue weighted by molar-refractivity contribution is 8.00. The molecule has 30 heavy (non-hydrogen) atoms. The highest BCUT2D eigenvalue weighted by atomic mass is 35.5. The highest BCUT2D eigenvalue weighted by Gasteiger charge is 2.18. The lowest BCUT2D eigenvalue weighted by Crippen LogP contribution is -2.18. The first kappa shape index (κ1) is 21.9. The third-order valence-corrected chi connectivity index (χ3v) is 5.47. The van der Waals surface area contributed by atoms with Crippen LogP contribution in [0.25, 0.3) is 0 Å². The summed E-state index contributed by atoms with van der Waals surface area (Å²) in [5.41, 5.74) is 4.47. The van der Waals surface area contributed by atoms with Crippen molar-refractivity contribution in [2.45, 2.75) is 25.8 Å². The van der Waals surface area contributed by atoms with Gasteiger partial charge in [0.25, 0.3) is 5.91 Å². The number of benzene rings is 2. The molecule has 1 aromatic heterocycles. The summed E-state index contributed by atoms with van der Waals surface area (Å²) in [7, 11) is 0. The van der Waals surface area contributed by atoms with Crippen LogP contribution in [-0.4, -0.2) is 22.6 Å². The number of hydrogen-bond acceptors (Lipinski definition) is 4. The van der Waals surface area contributed by atoms with Crippen LogP contribution in [-0.2, 0) is 4.79 Å². The number of carbonyl (C=O) groups excluding carboxylic acids is 2. The molecule has 0 atom stereocenters. The number of carbonyl (C=O) groups is 2.